The van der Waals surface area contributed by atoms with Crippen LogP contribution in [-0.4, -0.2) is 18.1 Å². The van der Waals surface area contributed by atoms with Crippen LogP contribution in [0.1, 0.15) is 25.1 Å². The molecule has 0 radical (unpaired) electrons. The zero-order valence-electron chi connectivity index (χ0n) is 9.25. The van der Waals surface area contributed by atoms with Crippen LogP contribution in [0.15, 0.2) is 12.1 Å². The molecule has 0 amide bonds. The molecule has 0 fully saturated rings. The fourth-order valence-corrected chi connectivity index (χ4v) is 1.53. The molecule has 0 spiro atoms. The fraction of sp³-hybridized carbons (Fsp3) is 0.545. The Morgan fingerprint density at radius 3 is 2.43 bits per heavy atom. The molecule has 14 heavy (non-hydrogen) atoms. The summed E-state index contributed by atoms with van der Waals surface area (Å²) in [6.45, 7) is 8.77. The summed E-state index contributed by atoms with van der Waals surface area (Å²) < 4.78 is 0. The Hall–Kier alpha value is -1.09. The van der Waals surface area contributed by atoms with Crippen molar-refractivity contribution < 1.29 is 0 Å². The summed E-state index contributed by atoms with van der Waals surface area (Å²) in [6, 6.07) is 4.07. The fourth-order valence-electron chi connectivity index (χ4n) is 1.53. The quantitative estimate of drug-likeness (QED) is 0.791. The predicted molar refractivity (Wildman–Crippen MR) is 60.4 cm³/mol. The minimum atomic E-state index is 0.555. The molecule has 78 valence electrons. The minimum absolute atomic E-state index is 0.555. The lowest BCUT2D eigenvalue weighted by molar-refractivity contribution is 0.827. The number of rotatable bonds is 4. The number of nitrogens with zero attached hydrogens (tertiary/aromatic N) is 2. The summed E-state index contributed by atoms with van der Waals surface area (Å²) in [7, 11) is 0. The van der Waals surface area contributed by atoms with Gasteiger partial charge in [-0.25, -0.2) is 4.98 Å². The summed E-state index contributed by atoms with van der Waals surface area (Å²) in [5.41, 5.74) is 7.85. The monoisotopic (exact) mass is 193 g/mol. The lowest BCUT2D eigenvalue weighted by Gasteiger charge is -2.22. The van der Waals surface area contributed by atoms with E-state index >= 15 is 0 Å². The SMILES string of the molecule is CCN(CC)c1nc(C)ccc1CN. The Morgan fingerprint density at radius 1 is 1.29 bits per heavy atom. The molecule has 1 rings (SSSR count). The van der Waals surface area contributed by atoms with Crippen LogP contribution in [0.25, 0.3) is 0 Å². The Morgan fingerprint density at radius 2 is 1.93 bits per heavy atom. The first-order valence-electron chi connectivity index (χ1n) is 5.14. The lowest BCUT2D eigenvalue weighted by atomic mass is 10.2. The molecule has 1 heterocycles. The first kappa shape index (κ1) is 11.0. The molecule has 1 aromatic heterocycles. The van der Waals surface area contributed by atoms with Crippen molar-refractivity contribution in [3.63, 3.8) is 0 Å². The molecule has 2 N–H and O–H groups in total. The standard InChI is InChI=1S/C11H19N3/c1-4-14(5-2)11-10(8-12)7-6-9(3)13-11/h6-7H,4-5,8,12H2,1-3H3. The topological polar surface area (TPSA) is 42.2 Å². The molecule has 0 aliphatic rings. The van der Waals surface area contributed by atoms with Crippen molar-refractivity contribution >= 4 is 5.82 Å². The summed E-state index contributed by atoms with van der Waals surface area (Å²) in [6.07, 6.45) is 0. The number of hydrogen-bond donors (Lipinski definition) is 1. The number of aromatic nitrogens is 1. The normalized spacial score (nSPS) is 10.3. The second-order valence-electron chi connectivity index (χ2n) is 3.31. The maximum Gasteiger partial charge on any atom is 0.133 e. The average molecular weight is 193 g/mol. The van der Waals surface area contributed by atoms with Gasteiger partial charge in [-0.05, 0) is 26.8 Å². The van der Waals surface area contributed by atoms with Crippen molar-refractivity contribution in [2.45, 2.75) is 27.3 Å². The third-order valence-corrected chi connectivity index (χ3v) is 2.38. The first-order valence-corrected chi connectivity index (χ1v) is 5.14. The van der Waals surface area contributed by atoms with E-state index in [2.05, 4.69) is 29.8 Å². The van der Waals surface area contributed by atoms with E-state index in [0.29, 0.717) is 6.54 Å². The molecule has 0 aromatic carbocycles. The van der Waals surface area contributed by atoms with Crippen LogP contribution < -0.4 is 10.6 Å². The van der Waals surface area contributed by atoms with E-state index in [-0.39, 0.29) is 0 Å². The zero-order valence-corrected chi connectivity index (χ0v) is 9.25. The van der Waals surface area contributed by atoms with Crippen molar-refractivity contribution in [3.05, 3.63) is 23.4 Å². The van der Waals surface area contributed by atoms with Gasteiger partial charge in [0, 0.05) is 30.9 Å². The van der Waals surface area contributed by atoms with Gasteiger partial charge < -0.3 is 10.6 Å². The van der Waals surface area contributed by atoms with Gasteiger partial charge in [-0.15, -0.1) is 0 Å². The molecular formula is C11H19N3. The molecule has 0 saturated carbocycles. The zero-order chi connectivity index (χ0) is 10.6. The molecule has 0 atom stereocenters. The predicted octanol–water partition coefficient (Wildman–Crippen LogP) is 1.69. The second-order valence-corrected chi connectivity index (χ2v) is 3.31. The van der Waals surface area contributed by atoms with E-state index in [1.54, 1.807) is 0 Å². The van der Waals surface area contributed by atoms with Crippen LogP contribution in [-0.2, 0) is 6.54 Å². The molecule has 3 nitrogen and oxygen atoms in total. The summed E-state index contributed by atoms with van der Waals surface area (Å²) in [5, 5.41) is 0. The summed E-state index contributed by atoms with van der Waals surface area (Å²) in [5.74, 6) is 1.04. The highest BCUT2D eigenvalue weighted by atomic mass is 15.2. The van der Waals surface area contributed by atoms with Crippen molar-refractivity contribution in [1.29, 1.82) is 0 Å². The van der Waals surface area contributed by atoms with E-state index in [1.165, 1.54) is 0 Å². The van der Waals surface area contributed by atoms with Gasteiger partial charge >= 0.3 is 0 Å². The maximum atomic E-state index is 5.68. The lowest BCUT2D eigenvalue weighted by Crippen LogP contribution is -2.25. The molecule has 0 bridgehead atoms. The van der Waals surface area contributed by atoms with Crippen molar-refractivity contribution in [1.82, 2.24) is 4.98 Å². The third kappa shape index (κ3) is 2.23. The molecule has 0 unspecified atom stereocenters. The Kier molecular flexibility index (Phi) is 3.89. The number of pyridine rings is 1. The summed E-state index contributed by atoms with van der Waals surface area (Å²) >= 11 is 0. The van der Waals surface area contributed by atoms with E-state index < -0.39 is 0 Å². The second kappa shape index (κ2) is 4.96. The maximum absolute atomic E-state index is 5.68. The van der Waals surface area contributed by atoms with Crippen molar-refractivity contribution in [2.75, 3.05) is 18.0 Å². The molecule has 0 aliphatic heterocycles. The Balaban J connectivity index is 3.08. The van der Waals surface area contributed by atoms with Gasteiger partial charge in [0.05, 0.1) is 0 Å². The van der Waals surface area contributed by atoms with Crippen LogP contribution in [0.4, 0.5) is 5.82 Å². The van der Waals surface area contributed by atoms with Gasteiger partial charge in [-0.3, -0.25) is 0 Å². The van der Waals surface area contributed by atoms with Crippen molar-refractivity contribution in [3.8, 4) is 0 Å². The number of aryl methyl sites for hydroxylation is 1. The van der Waals surface area contributed by atoms with Crippen LogP contribution in [0.3, 0.4) is 0 Å². The van der Waals surface area contributed by atoms with Gasteiger partial charge in [0.15, 0.2) is 0 Å². The molecular weight excluding hydrogens is 174 g/mol. The molecule has 3 heteroatoms. The number of nitrogens with two attached hydrogens (primary N) is 1. The van der Waals surface area contributed by atoms with Crippen LogP contribution >= 0.6 is 0 Å². The molecule has 0 saturated heterocycles. The average Bonchev–Trinajstić information content (AvgIpc) is 2.20. The van der Waals surface area contributed by atoms with Crippen LogP contribution in [0.2, 0.25) is 0 Å². The van der Waals surface area contributed by atoms with Crippen LogP contribution in [0.5, 0.6) is 0 Å². The van der Waals surface area contributed by atoms with Gasteiger partial charge in [0.25, 0.3) is 0 Å². The van der Waals surface area contributed by atoms with Gasteiger partial charge in [0.2, 0.25) is 0 Å². The van der Waals surface area contributed by atoms with Gasteiger partial charge in [0.1, 0.15) is 5.82 Å². The third-order valence-electron chi connectivity index (χ3n) is 2.38. The Labute approximate surface area is 85.9 Å². The first-order chi connectivity index (χ1) is 6.72. The van der Waals surface area contributed by atoms with Gasteiger partial charge in [-0.1, -0.05) is 6.07 Å². The molecule has 1 aromatic rings. The highest BCUT2D eigenvalue weighted by Gasteiger charge is 2.08. The number of anilines is 1. The number of hydrogen-bond acceptors (Lipinski definition) is 3. The largest absolute Gasteiger partial charge is 0.357 e. The van der Waals surface area contributed by atoms with Crippen LogP contribution in [0, 0.1) is 6.92 Å². The Bertz CT molecular complexity index is 293. The minimum Gasteiger partial charge on any atom is -0.357 e. The van der Waals surface area contributed by atoms with E-state index in [0.717, 1.165) is 30.2 Å². The van der Waals surface area contributed by atoms with E-state index in [4.69, 9.17) is 5.73 Å². The van der Waals surface area contributed by atoms with Crippen molar-refractivity contribution in [2.24, 2.45) is 5.73 Å². The summed E-state index contributed by atoms with van der Waals surface area (Å²) in [4.78, 5) is 6.76. The smallest absolute Gasteiger partial charge is 0.133 e. The van der Waals surface area contributed by atoms with E-state index in [9.17, 15) is 0 Å². The highest BCUT2D eigenvalue weighted by Crippen LogP contribution is 2.17. The molecule has 0 aliphatic carbocycles. The van der Waals surface area contributed by atoms with E-state index in [1.807, 2.05) is 13.0 Å². The highest BCUT2D eigenvalue weighted by molar-refractivity contribution is 5.47. The van der Waals surface area contributed by atoms with Gasteiger partial charge in [-0.2, -0.15) is 0 Å².